The molecule has 0 amide bonds. The van der Waals surface area contributed by atoms with Crippen molar-refractivity contribution >= 4 is 18.7 Å². The van der Waals surface area contributed by atoms with Crippen LogP contribution in [0.25, 0.3) is 0 Å². The van der Waals surface area contributed by atoms with E-state index >= 15 is 0 Å². The first-order valence-electron chi connectivity index (χ1n) is 9.97. The molecule has 2 rings (SSSR count). The molecule has 0 aliphatic carbocycles. The summed E-state index contributed by atoms with van der Waals surface area (Å²) in [6.07, 6.45) is 10.7. The Balaban J connectivity index is 2.63. The number of hydrogen-bond donors (Lipinski definition) is 0. The fourth-order valence-electron chi connectivity index (χ4n) is 3.71. The zero-order valence-electron chi connectivity index (χ0n) is 17.5. The van der Waals surface area contributed by atoms with Crippen LogP contribution in [-0.2, 0) is 4.43 Å². The fourth-order valence-corrected chi connectivity index (χ4v) is 8.42. The lowest BCUT2D eigenvalue weighted by molar-refractivity contribution is 0.193. The maximum Gasteiger partial charge on any atom is 0.261 e. The van der Waals surface area contributed by atoms with Gasteiger partial charge in [0.2, 0.25) is 0 Å². The lowest BCUT2D eigenvalue weighted by Crippen LogP contribution is -2.67. The number of rotatable bonds is 8. The summed E-state index contributed by atoms with van der Waals surface area (Å²) in [5.74, 6) is 0. The first-order chi connectivity index (χ1) is 13.0. The van der Waals surface area contributed by atoms with Crippen LogP contribution in [0.3, 0.4) is 0 Å². The number of hydrogen-bond acceptors (Lipinski definition) is 1. The van der Waals surface area contributed by atoms with Crippen molar-refractivity contribution in [3.8, 4) is 0 Å². The molecule has 0 N–H and O–H groups in total. The van der Waals surface area contributed by atoms with Crippen molar-refractivity contribution in [1.82, 2.24) is 0 Å². The molecule has 0 saturated carbocycles. The molecule has 0 aliphatic rings. The largest absolute Gasteiger partial charge is 0.404 e. The molecule has 0 spiro atoms. The highest BCUT2D eigenvalue weighted by molar-refractivity contribution is 6.99. The van der Waals surface area contributed by atoms with Crippen molar-refractivity contribution in [2.75, 3.05) is 0 Å². The van der Waals surface area contributed by atoms with E-state index in [4.69, 9.17) is 4.43 Å². The Morgan fingerprint density at radius 2 is 1.19 bits per heavy atom. The topological polar surface area (TPSA) is 9.23 Å². The average molecular weight is 379 g/mol. The van der Waals surface area contributed by atoms with Crippen molar-refractivity contribution in [2.24, 2.45) is 0 Å². The van der Waals surface area contributed by atoms with E-state index in [2.05, 4.69) is 120 Å². The third-order valence-electron chi connectivity index (χ3n) is 5.03. The Labute approximate surface area is 166 Å². The van der Waals surface area contributed by atoms with Gasteiger partial charge in [-0.1, -0.05) is 106 Å². The summed E-state index contributed by atoms with van der Waals surface area (Å²) in [5.41, 5.74) is 0. The van der Waals surface area contributed by atoms with Gasteiger partial charge in [0.1, 0.15) is 0 Å². The van der Waals surface area contributed by atoms with Crippen LogP contribution in [0.1, 0.15) is 47.5 Å². The van der Waals surface area contributed by atoms with Crippen LogP contribution < -0.4 is 10.4 Å². The van der Waals surface area contributed by atoms with Gasteiger partial charge in [-0.15, -0.1) is 0 Å². The van der Waals surface area contributed by atoms with E-state index in [1.807, 2.05) is 0 Å². The van der Waals surface area contributed by atoms with E-state index in [0.29, 0.717) is 0 Å². The van der Waals surface area contributed by atoms with E-state index < -0.39 is 8.32 Å². The van der Waals surface area contributed by atoms with Crippen molar-refractivity contribution in [3.63, 3.8) is 0 Å². The zero-order valence-corrected chi connectivity index (χ0v) is 18.5. The Kier molecular flexibility index (Phi) is 7.82. The molecule has 1 nitrogen and oxygen atoms in total. The molecule has 2 aromatic carbocycles. The van der Waals surface area contributed by atoms with Gasteiger partial charge in [-0.05, 0) is 42.1 Å². The van der Waals surface area contributed by atoms with Crippen LogP contribution in [0.2, 0.25) is 5.04 Å². The van der Waals surface area contributed by atoms with Crippen LogP contribution >= 0.6 is 0 Å². The van der Waals surface area contributed by atoms with Crippen molar-refractivity contribution in [3.05, 3.63) is 85.0 Å². The van der Waals surface area contributed by atoms with Gasteiger partial charge >= 0.3 is 0 Å². The molecule has 27 heavy (non-hydrogen) atoms. The number of benzene rings is 2. The summed E-state index contributed by atoms with van der Waals surface area (Å²) < 4.78 is 7.22. The quantitative estimate of drug-likeness (QED) is 0.413. The summed E-state index contributed by atoms with van der Waals surface area (Å²) in [5, 5.41) is 2.70. The lowest BCUT2D eigenvalue weighted by Gasteiger charge is -2.45. The minimum absolute atomic E-state index is 0.0137. The third-order valence-corrected chi connectivity index (χ3v) is 10.1. The molecule has 0 atom stereocenters. The summed E-state index contributed by atoms with van der Waals surface area (Å²) in [6.45, 7) is 11.2. The molecular formula is C25H34OSi. The Morgan fingerprint density at radius 3 is 1.52 bits per heavy atom. The zero-order chi connectivity index (χ0) is 19.8. The summed E-state index contributed by atoms with van der Waals surface area (Å²) in [6, 6.07) is 21.8. The smallest absolute Gasteiger partial charge is 0.261 e. The van der Waals surface area contributed by atoms with E-state index in [1.165, 1.54) is 10.4 Å². The van der Waals surface area contributed by atoms with Gasteiger partial charge in [0.25, 0.3) is 8.32 Å². The molecule has 0 unspecified atom stereocenters. The van der Waals surface area contributed by atoms with Crippen LogP contribution in [0.5, 0.6) is 0 Å². The second kappa shape index (κ2) is 9.87. The van der Waals surface area contributed by atoms with Crippen molar-refractivity contribution in [1.29, 1.82) is 0 Å². The van der Waals surface area contributed by atoms with E-state index in [9.17, 15) is 0 Å². The van der Waals surface area contributed by atoms with Crippen LogP contribution in [-0.4, -0.2) is 14.4 Å². The highest BCUT2D eigenvalue weighted by Gasteiger charge is 2.51. The lowest BCUT2D eigenvalue weighted by atomic mass is 10.2. The van der Waals surface area contributed by atoms with Crippen molar-refractivity contribution in [2.45, 2.75) is 58.6 Å². The minimum Gasteiger partial charge on any atom is -0.404 e. The first-order valence-corrected chi connectivity index (χ1v) is 11.9. The van der Waals surface area contributed by atoms with Gasteiger partial charge in [0.15, 0.2) is 0 Å². The maximum absolute atomic E-state index is 7.22. The highest BCUT2D eigenvalue weighted by Crippen LogP contribution is 2.38. The molecule has 0 heterocycles. The normalized spacial score (nSPS) is 13.1. The van der Waals surface area contributed by atoms with Gasteiger partial charge in [-0.25, -0.2) is 0 Å². The molecular weight excluding hydrogens is 344 g/mol. The second-order valence-electron chi connectivity index (χ2n) is 8.01. The third kappa shape index (κ3) is 5.09. The molecule has 0 fully saturated rings. The molecule has 0 radical (unpaired) electrons. The fraction of sp³-hybridized carbons (Fsp3) is 0.360. The van der Waals surface area contributed by atoms with E-state index in [1.54, 1.807) is 0 Å². The van der Waals surface area contributed by atoms with Gasteiger partial charge < -0.3 is 4.43 Å². The van der Waals surface area contributed by atoms with Gasteiger partial charge in [0.05, 0.1) is 6.10 Å². The van der Waals surface area contributed by atoms with Gasteiger partial charge in [0, 0.05) is 0 Å². The molecule has 0 aliphatic heterocycles. The SMILES string of the molecule is C/C=C\CC(C/C=C\C)O[Si](c1ccccc1)(c1ccccc1)C(C)(C)C. The predicted octanol–water partition coefficient (Wildman–Crippen LogP) is 5.86. The van der Waals surface area contributed by atoms with Crippen LogP contribution in [0, 0.1) is 0 Å². The Hall–Kier alpha value is -1.90. The first kappa shape index (κ1) is 21.4. The van der Waals surface area contributed by atoms with E-state index in [-0.39, 0.29) is 11.1 Å². The molecule has 0 saturated heterocycles. The predicted molar refractivity (Wildman–Crippen MR) is 121 cm³/mol. The minimum atomic E-state index is -2.48. The van der Waals surface area contributed by atoms with E-state index in [0.717, 1.165) is 12.8 Å². The molecule has 144 valence electrons. The summed E-state index contributed by atoms with van der Waals surface area (Å²) in [7, 11) is -2.48. The van der Waals surface area contributed by atoms with Crippen LogP contribution in [0.15, 0.2) is 85.0 Å². The molecule has 2 heteroatoms. The van der Waals surface area contributed by atoms with Crippen LogP contribution in [0.4, 0.5) is 0 Å². The average Bonchev–Trinajstić information content (AvgIpc) is 2.68. The standard InChI is InChI=1S/C25H34OSi/c1-6-8-16-22(17-9-7-2)26-27(25(3,4)5,23-18-12-10-13-19-23)24-20-14-11-15-21-24/h6-15,18-22H,16-17H2,1-5H3/b8-6-,9-7-. The number of allylic oxidation sites excluding steroid dienone is 2. The summed E-state index contributed by atoms with van der Waals surface area (Å²) >= 11 is 0. The van der Waals surface area contributed by atoms with Gasteiger partial charge in [-0.2, -0.15) is 0 Å². The molecule has 2 aromatic rings. The Morgan fingerprint density at radius 1 is 0.778 bits per heavy atom. The van der Waals surface area contributed by atoms with Crippen molar-refractivity contribution < 1.29 is 4.43 Å². The maximum atomic E-state index is 7.22. The van der Waals surface area contributed by atoms with Gasteiger partial charge in [-0.3, -0.25) is 0 Å². The second-order valence-corrected chi connectivity index (χ2v) is 12.3. The Bertz CT molecular complexity index is 672. The molecule has 0 bridgehead atoms. The summed E-state index contributed by atoms with van der Waals surface area (Å²) in [4.78, 5) is 0. The molecule has 0 aromatic heterocycles. The highest BCUT2D eigenvalue weighted by atomic mass is 28.4. The monoisotopic (exact) mass is 378 g/mol.